The van der Waals surface area contributed by atoms with Crippen LogP contribution in [0.25, 0.3) is 89.7 Å². The maximum Gasteiger partial charge on any atom is 0.249 e. The van der Waals surface area contributed by atoms with Crippen molar-refractivity contribution in [2.75, 3.05) is 0 Å². The first-order valence-electron chi connectivity index (χ1n) is 13.7. The molecule has 1 radical (unpaired) electrons. The van der Waals surface area contributed by atoms with E-state index in [-0.39, 0.29) is 16.8 Å². The Morgan fingerprint density at radius 3 is 1.34 bits per heavy atom. The van der Waals surface area contributed by atoms with Crippen molar-refractivity contribution in [3.63, 3.8) is 0 Å². The third-order valence-electron chi connectivity index (χ3n) is 7.84. The Bertz CT molecular complexity index is 2510. The Labute approximate surface area is 258 Å². The maximum atomic E-state index is 12.6. The molecule has 0 saturated carbocycles. The number of benzene rings is 4. The molecule has 8 bridgehead atoms. The van der Waals surface area contributed by atoms with Crippen molar-refractivity contribution in [3.05, 3.63) is 96.6 Å². The molecular weight excluding hydrogens is 597 g/mol. The Hall–Kier alpha value is -5.78. The van der Waals surface area contributed by atoms with Crippen molar-refractivity contribution in [2.24, 2.45) is 5.73 Å². The number of amides is 1. The summed E-state index contributed by atoms with van der Waals surface area (Å²) in [5, 5.41) is 3.06. The predicted octanol–water partition coefficient (Wildman–Crippen LogP) is 5.97. The van der Waals surface area contributed by atoms with Crippen LogP contribution in [0.4, 0.5) is 0 Å². The van der Waals surface area contributed by atoms with Crippen molar-refractivity contribution in [3.8, 4) is 45.6 Å². The van der Waals surface area contributed by atoms with E-state index in [2.05, 4.69) is 9.97 Å². The van der Waals surface area contributed by atoms with E-state index in [9.17, 15) is 4.79 Å². The summed E-state index contributed by atoms with van der Waals surface area (Å²) in [6.45, 7) is 0. The number of hydrogen-bond acceptors (Lipinski definition) is 7. The molecule has 4 aromatic carbocycles. The van der Waals surface area contributed by atoms with E-state index in [0.717, 1.165) is 33.0 Å². The molecule has 10 nitrogen and oxygen atoms in total. The second-order valence-electron chi connectivity index (χ2n) is 10.3. The third kappa shape index (κ3) is 3.77. The van der Waals surface area contributed by atoms with Crippen molar-refractivity contribution < 1.29 is 21.6 Å². The standard InChI is InChI=1S/C33H19N9O.Co/c34-25(43)22-14-7-15-23-24(22)33-41-31-21-13-6-5-12-20(21)29(39-31)37-27-17-9-2-1-8-16(17)26(35-27)36-28-18-10-3-4-11-19(18)30(38-28)40-32(23)42-33;/h1-15H,(H2,34,43)(H2,35,36,37,38,39,40,41,42);. The molecule has 0 atom stereocenters. The van der Waals surface area contributed by atoms with Gasteiger partial charge in [-0.05, 0) is 6.07 Å². The van der Waals surface area contributed by atoms with E-state index in [1.165, 1.54) is 0 Å². The molecule has 11 heteroatoms. The van der Waals surface area contributed by atoms with Gasteiger partial charge in [-0.1, -0.05) is 84.9 Å². The quantitative estimate of drug-likeness (QED) is 0.206. The number of nitrogens with zero attached hydrogens (tertiary/aromatic N) is 6. The summed E-state index contributed by atoms with van der Waals surface area (Å²) in [7, 11) is 0. The second kappa shape index (κ2) is 9.62. The van der Waals surface area contributed by atoms with Crippen LogP contribution in [-0.4, -0.2) is 45.8 Å². The largest absolute Gasteiger partial charge is 0.366 e. The molecule has 5 heterocycles. The zero-order valence-corrected chi connectivity index (χ0v) is 23.7. The number of carbonyl (C=O) groups excluding carboxylic acids is 1. The van der Waals surface area contributed by atoms with Crippen LogP contribution in [0.1, 0.15) is 10.4 Å². The number of H-pyrrole nitrogens is 2. The smallest absolute Gasteiger partial charge is 0.249 e. The van der Waals surface area contributed by atoms with Gasteiger partial charge < -0.3 is 15.7 Å². The molecule has 3 aromatic heterocycles. The van der Waals surface area contributed by atoms with Crippen molar-refractivity contribution in [2.45, 2.75) is 0 Å². The van der Waals surface area contributed by atoms with Crippen LogP contribution in [-0.2, 0) is 16.8 Å². The monoisotopic (exact) mass is 616 g/mol. The summed E-state index contributed by atoms with van der Waals surface area (Å²) in [6.07, 6.45) is 0. The van der Waals surface area contributed by atoms with Crippen LogP contribution < -0.4 is 5.73 Å². The zero-order valence-electron chi connectivity index (χ0n) is 22.7. The van der Waals surface area contributed by atoms with E-state index in [1.54, 1.807) is 12.1 Å². The second-order valence-corrected chi connectivity index (χ2v) is 10.3. The predicted molar refractivity (Wildman–Crippen MR) is 165 cm³/mol. The number of nitrogens with one attached hydrogen (secondary N) is 2. The summed E-state index contributed by atoms with van der Waals surface area (Å²) in [5.41, 5.74) is 11.7. The number of primary amides is 1. The van der Waals surface area contributed by atoms with Gasteiger partial charge in [0.25, 0.3) is 0 Å². The maximum absolute atomic E-state index is 12.6. The Morgan fingerprint density at radius 2 is 0.864 bits per heavy atom. The molecule has 44 heavy (non-hydrogen) atoms. The van der Waals surface area contributed by atoms with Crippen molar-refractivity contribution >= 4 is 50.0 Å². The van der Waals surface area contributed by atoms with Gasteiger partial charge in [-0.2, -0.15) is 0 Å². The van der Waals surface area contributed by atoms with E-state index in [1.807, 2.05) is 78.9 Å². The van der Waals surface area contributed by atoms with Crippen LogP contribution in [0.15, 0.2) is 91.0 Å². The average molecular weight is 617 g/mol. The summed E-state index contributed by atoms with van der Waals surface area (Å²) in [4.78, 5) is 48.9. The van der Waals surface area contributed by atoms with Gasteiger partial charge >= 0.3 is 0 Å². The normalized spacial score (nSPS) is 11.6. The van der Waals surface area contributed by atoms with E-state index >= 15 is 0 Å². The summed E-state index contributed by atoms with van der Waals surface area (Å²) in [6, 6.07) is 28.9. The molecule has 9 rings (SSSR count). The fourth-order valence-corrected chi connectivity index (χ4v) is 5.90. The summed E-state index contributed by atoms with van der Waals surface area (Å²) in [5.74, 6) is 1.41. The van der Waals surface area contributed by atoms with Gasteiger partial charge in [-0.15, -0.1) is 0 Å². The molecule has 0 unspecified atom stereocenters. The molecule has 2 aliphatic rings. The average Bonchev–Trinajstić information content (AvgIpc) is 3.76. The first kappa shape index (κ1) is 25.9. The van der Waals surface area contributed by atoms with Crippen LogP contribution >= 0.6 is 0 Å². The number of aromatic amines is 2. The number of fused-ring (bicyclic) bond motifs is 20. The van der Waals surface area contributed by atoms with Gasteiger partial charge in [0.15, 0.2) is 23.3 Å². The van der Waals surface area contributed by atoms with Crippen molar-refractivity contribution in [1.82, 2.24) is 39.9 Å². The zero-order chi connectivity index (χ0) is 28.7. The van der Waals surface area contributed by atoms with E-state index in [0.29, 0.717) is 62.2 Å². The van der Waals surface area contributed by atoms with Crippen LogP contribution in [0, 0.1) is 0 Å². The summed E-state index contributed by atoms with van der Waals surface area (Å²) < 4.78 is 0. The minimum atomic E-state index is -0.568. The van der Waals surface area contributed by atoms with Crippen LogP contribution in [0.2, 0.25) is 0 Å². The van der Waals surface area contributed by atoms with Gasteiger partial charge in [0.2, 0.25) is 5.91 Å². The number of aromatic nitrogens is 8. The molecule has 1 amide bonds. The van der Waals surface area contributed by atoms with Gasteiger partial charge in [0, 0.05) is 60.6 Å². The molecule has 0 aliphatic carbocycles. The molecule has 7 aromatic rings. The topological polar surface area (TPSA) is 152 Å². The molecule has 0 fully saturated rings. The van der Waals surface area contributed by atoms with Crippen LogP contribution in [0.5, 0.6) is 0 Å². The fraction of sp³-hybridized carbons (Fsp3) is 0. The first-order valence-corrected chi connectivity index (χ1v) is 13.7. The number of nitrogens with two attached hydrogens (primary N) is 1. The fourth-order valence-electron chi connectivity index (χ4n) is 5.90. The third-order valence-corrected chi connectivity index (χ3v) is 7.84. The summed E-state index contributed by atoms with van der Waals surface area (Å²) >= 11 is 0. The molecule has 211 valence electrons. The first-order chi connectivity index (χ1) is 21.1. The number of hydrogen-bond donors (Lipinski definition) is 3. The minimum Gasteiger partial charge on any atom is -0.366 e. The number of carbonyl (C=O) groups is 1. The number of rotatable bonds is 1. The van der Waals surface area contributed by atoms with E-state index in [4.69, 9.17) is 35.6 Å². The van der Waals surface area contributed by atoms with Gasteiger partial charge in [-0.25, -0.2) is 29.9 Å². The minimum absolute atomic E-state index is 0. The van der Waals surface area contributed by atoms with Gasteiger partial charge in [0.1, 0.15) is 22.6 Å². The molecule has 2 aliphatic heterocycles. The van der Waals surface area contributed by atoms with Crippen LogP contribution in [0.3, 0.4) is 0 Å². The molecule has 0 spiro atoms. The SMILES string of the molecule is NC(=O)c1cccc2c3nc4nc(nc5[nH]c(nc6nc(nc([nH]3)c12)-c1ccccc1-6)c1ccccc51)-c1ccccc1-4.[Co]. The van der Waals surface area contributed by atoms with Gasteiger partial charge in [0.05, 0.1) is 5.56 Å². The molecule has 0 saturated heterocycles. The van der Waals surface area contributed by atoms with E-state index < -0.39 is 5.91 Å². The Kier molecular flexibility index (Phi) is 5.66. The van der Waals surface area contributed by atoms with Gasteiger partial charge in [-0.3, -0.25) is 4.79 Å². The Morgan fingerprint density at radius 1 is 0.477 bits per heavy atom. The molecule has 4 N–H and O–H groups in total. The Balaban J connectivity index is 0.00000289. The molecular formula is C33H19CoN9O. The van der Waals surface area contributed by atoms with Crippen molar-refractivity contribution in [1.29, 1.82) is 0 Å².